The molecule has 0 saturated carbocycles. The van der Waals surface area contributed by atoms with Crippen molar-refractivity contribution in [1.29, 1.82) is 0 Å². The summed E-state index contributed by atoms with van der Waals surface area (Å²) in [4.78, 5) is 36.3. The highest BCUT2D eigenvalue weighted by Gasteiger charge is 2.27. The first-order valence-electron chi connectivity index (χ1n) is 9.20. The molecule has 1 unspecified atom stereocenters. The largest absolute Gasteiger partial charge is 0.444 e. The zero-order valence-corrected chi connectivity index (χ0v) is 17.1. The lowest BCUT2D eigenvalue weighted by Gasteiger charge is -2.23. The summed E-state index contributed by atoms with van der Waals surface area (Å²) >= 11 is 0. The molecule has 0 aliphatic heterocycles. The molecular formula is C21H27NO6. The van der Waals surface area contributed by atoms with Crippen LogP contribution in [0.3, 0.4) is 0 Å². The van der Waals surface area contributed by atoms with Gasteiger partial charge in [0.15, 0.2) is 0 Å². The zero-order chi connectivity index (χ0) is 21.1. The highest BCUT2D eigenvalue weighted by atomic mass is 16.6. The fourth-order valence-corrected chi connectivity index (χ4v) is 2.69. The van der Waals surface area contributed by atoms with E-state index in [1.807, 2.05) is 13.8 Å². The van der Waals surface area contributed by atoms with Crippen molar-refractivity contribution in [2.75, 3.05) is 0 Å². The molecule has 152 valence electrons. The minimum atomic E-state index is -0.866. The summed E-state index contributed by atoms with van der Waals surface area (Å²) in [5, 5.41) is 3.33. The van der Waals surface area contributed by atoms with Gasteiger partial charge in [0.1, 0.15) is 23.0 Å². The average molecular weight is 389 g/mol. The Morgan fingerprint density at radius 2 is 1.86 bits per heavy atom. The van der Waals surface area contributed by atoms with Gasteiger partial charge in [-0.3, -0.25) is 0 Å². The molecule has 0 spiro atoms. The Kier molecular flexibility index (Phi) is 6.48. The number of esters is 1. The predicted molar refractivity (Wildman–Crippen MR) is 105 cm³/mol. The number of rotatable bonds is 5. The van der Waals surface area contributed by atoms with Crippen LogP contribution in [-0.4, -0.2) is 23.7 Å². The van der Waals surface area contributed by atoms with Crippen LogP contribution in [0.2, 0.25) is 0 Å². The van der Waals surface area contributed by atoms with Crippen LogP contribution in [-0.2, 0) is 9.53 Å². The van der Waals surface area contributed by atoms with E-state index in [4.69, 9.17) is 13.9 Å². The van der Waals surface area contributed by atoms with Gasteiger partial charge in [0.2, 0.25) is 0 Å². The van der Waals surface area contributed by atoms with Crippen molar-refractivity contribution in [1.82, 2.24) is 5.32 Å². The molecule has 1 aromatic heterocycles. The maximum absolute atomic E-state index is 12.6. The van der Waals surface area contributed by atoms with E-state index in [1.165, 1.54) is 12.1 Å². The fourth-order valence-electron chi connectivity index (χ4n) is 2.69. The number of benzene rings is 1. The number of carbonyl (C=O) groups is 2. The van der Waals surface area contributed by atoms with Gasteiger partial charge in [-0.25, -0.2) is 14.4 Å². The third-order valence-corrected chi connectivity index (χ3v) is 3.82. The number of aryl methyl sites for hydroxylation is 1. The minimum Gasteiger partial charge on any atom is -0.444 e. The van der Waals surface area contributed by atoms with Crippen molar-refractivity contribution in [3.63, 3.8) is 0 Å². The Hall–Kier alpha value is -2.83. The van der Waals surface area contributed by atoms with Crippen LogP contribution in [0.25, 0.3) is 11.0 Å². The van der Waals surface area contributed by atoms with E-state index in [1.54, 1.807) is 39.8 Å². The molecule has 0 radical (unpaired) electrons. The Bertz CT molecular complexity index is 923. The number of carbonyl (C=O) groups excluding carboxylic acids is 2. The quantitative estimate of drug-likeness (QED) is 0.473. The third-order valence-electron chi connectivity index (χ3n) is 3.82. The number of fused-ring (bicyclic) bond motifs is 1. The van der Waals surface area contributed by atoms with Gasteiger partial charge >= 0.3 is 17.7 Å². The third kappa shape index (κ3) is 6.11. The number of alkyl carbamates (subject to hydrolysis) is 1. The number of ether oxygens (including phenoxy) is 2. The summed E-state index contributed by atoms with van der Waals surface area (Å²) < 4.78 is 15.8. The van der Waals surface area contributed by atoms with Crippen LogP contribution < -0.4 is 15.7 Å². The van der Waals surface area contributed by atoms with Crippen molar-refractivity contribution in [3.8, 4) is 5.75 Å². The molecular weight excluding hydrogens is 362 g/mol. The number of amides is 1. The van der Waals surface area contributed by atoms with E-state index in [0.717, 1.165) is 10.9 Å². The maximum atomic E-state index is 12.6. The average Bonchev–Trinajstić information content (AvgIpc) is 2.51. The van der Waals surface area contributed by atoms with Crippen molar-refractivity contribution in [2.24, 2.45) is 5.92 Å². The number of hydrogen-bond donors (Lipinski definition) is 1. The van der Waals surface area contributed by atoms with Gasteiger partial charge in [-0.1, -0.05) is 13.8 Å². The van der Waals surface area contributed by atoms with Crippen LogP contribution in [0.1, 0.15) is 46.6 Å². The SMILES string of the molecule is Cc1cc(=O)oc2cc(OC(=O)C(CC(C)C)NC(=O)OC(C)(C)C)ccc12. The predicted octanol–water partition coefficient (Wildman–Crippen LogP) is 3.95. The van der Waals surface area contributed by atoms with Gasteiger partial charge in [-0.05, 0) is 57.7 Å². The Morgan fingerprint density at radius 1 is 1.18 bits per heavy atom. The molecule has 1 amide bonds. The van der Waals surface area contributed by atoms with E-state index < -0.39 is 29.3 Å². The van der Waals surface area contributed by atoms with Gasteiger partial charge < -0.3 is 19.2 Å². The molecule has 7 nitrogen and oxygen atoms in total. The molecule has 1 aromatic carbocycles. The number of hydrogen-bond acceptors (Lipinski definition) is 6. The Labute approximate surface area is 164 Å². The number of nitrogens with one attached hydrogen (secondary N) is 1. The summed E-state index contributed by atoms with van der Waals surface area (Å²) in [6, 6.07) is 5.36. The van der Waals surface area contributed by atoms with E-state index in [0.29, 0.717) is 12.0 Å². The summed E-state index contributed by atoms with van der Waals surface area (Å²) in [5.41, 5.74) is -0.0497. The van der Waals surface area contributed by atoms with Gasteiger partial charge in [0, 0.05) is 17.5 Å². The molecule has 1 N–H and O–H groups in total. The maximum Gasteiger partial charge on any atom is 0.408 e. The molecule has 0 aliphatic rings. The van der Waals surface area contributed by atoms with Crippen molar-refractivity contribution in [3.05, 3.63) is 40.2 Å². The van der Waals surface area contributed by atoms with Gasteiger partial charge in [0.25, 0.3) is 0 Å². The lowest BCUT2D eigenvalue weighted by molar-refractivity contribution is -0.137. The van der Waals surface area contributed by atoms with E-state index in [9.17, 15) is 14.4 Å². The molecule has 2 rings (SSSR count). The Balaban J connectivity index is 2.19. The van der Waals surface area contributed by atoms with Gasteiger partial charge in [0.05, 0.1) is 0 Å². The van der Waals surface area contributed by atoms with Crippen molar-refractivity contribution < 1.29 is 23.5 Å². The first-order chi connectivity index (χ1) is 12.9. The summed E-state index contributed by atoms with van der Waals surface area (Å²) in [6.45, 7) is 10.9. The zero-order valence-electron chi connectivity index (χ0n) is 17.1. The molecule has 0 fully saturated rings. The normalized spacial score (nSPS) is 12.7. The van der Waals surface area contributed by atoms with E-state index in [-0.39, 0.29) is 11.7 Å². The minimum absolute atomic E-state index is 0.143. The molecule has 0 bridgehead atoms. The van der Waals surface area contributed by atoms with Gasteiger partial charge in [-0.15, -0.1) is 0 Å². The summed E-state index contributed by atoms with van der Waals surface area (Å²) in [6.07, 6.45) is -0.296. The van der Waals surface area contributed by atoms with Crippen molar-refractivity contribution >= 4 is 23.0 Å². The van der Waals surface area contributed by atoms with Gasteiger partial charge in [-0.2, -0.15) is 0 Å². The smallest absolute Gasteiger partial charge is 0.408 e. The summed E-state index contributed by atoms with van der Waals surface area (Å²) in [5.74, 6) is -0.246. The molecule has 1 heterocycles. The second-order valence-corrected chi connectivity index (χ2v) is 8.16. The molecule has 0 aliphatic carbocycles. The summed E-state index contributed by atoms with van der Waals surface area (Å²) in [7, 11) is 0. The first-order valence-corrected chi connectivity index (χ1v) is 9.20. The van der Waals surface area contributed by atoms with Crippen LogP contribution in [0.4, 0.5) is 4.79 Å². The highest BCUT2D eigenvalue weighted by Crippen LogP contribution is 2.23. The lowest BCUT2D eigenvalue weighted by Crippen LogP contribution is -2.45. The molecule has 1 atom stereocenters. The fraction of sp³-hybridized carbons (Fsp3) is 0.476. The molecule has 7 heteroatoms. The Morgan fingerprint density at radius 3 is 2.46 bits per heavy atom. The van der Waals surface area contributed by atoms with E-state index >= 15 is 0 Å². The van der Waals surface area contributed by atoms with E-state index in [2.05, 4.69) is 5.32 Å². The van der Waals surface area contributed by atoms with Crippen LogP contribution in [0.15, 0.2) is 33.5 Å². The molecule has 0 saturated heterocycles. The van der Waals surface area contributed by atoms with Crippen LogP contribution >= 0.6 is 0 Å². The molecule has 2 aromatic rings. The standard InChI is InChI=1S/C21H27NO6/c1-12(2)9-16(22-20(25)28-21(4,5)6)19(24)26-14-7-8-15-13(3)10-18(23)27-17(15)11-14/h7-8,10-12,16H,9H2,1-6H3,(H,22,25). The highest BCUT2D eigenvalue weighted by molar-refractivity contribution is 5.85. The lowest BCUT2D eigenvalue weighted by atomic mass is 10.0. The van der Waals surface area contributed by atoms with Crippen molar-refractivity contribution in [2.45, 2.75) is 59.6 Å². The van der Waals surface area contributed by atoms with Crippen LogP contribution in [0.5, 0.6) is 5.75 Å². The second-order valence-electron chi connectivity index (χ2n) is 8.16. The van der Waals surface area contributed by atoms with Crippen LogP contribution in [0, 0.1) is 12.8 Å². The topological polar surface area (TPSA) is 94.8 Å². The monoisotopic (exact) mass is 389 g/mol. The second kappa shape index (κ2) is 8.46. The molecule has 28 heavy (non-hydrogen) atoms. The first kappa shape index (κ1) is 21.5.